The van der Waals surface area contributed by atoms with Crippen LogP contribution in [0.3, 0.4) is 0 Å². The Morgan fingerprint density at radius 2 is 2.27 bits per heavy atom. The van der Waals surface area contributed by atoms with Crippen molar-refractivity contribution in [1.82, 2.24) is 15.2 Å². The molecule has 0 radical (unpaired) electrons. The van der Waals surface area contributed by atoms with Crippen molar-refractivity contribution in [2.24, 2.45) is 5.92 Å². The first-order valence-electron chi connectivity index (χ1n) is 7.66. The number of pyridine rings is 1. The maximum Gasteiger partial charge on any atom is 0.231 e. The predicted octanol–water partition coefficient (Wildman–Crippen LogP) is 2.62. The Labute approximate surface area is 129 Å². The summed E-state index contributed by atoms with van der Waals surface area (Å²) in [6.45, 7) is 2.79. The second-order valence-electron chi connectivity index (χ2n) is 5.46. The Hall–Kier alpha value is -2.21. The number of amides is 1. The first kappa shape index (κ1) is 14.7. The molecule has 2 N–H and O–H groups in total. The summed E-state index contributed by atoms with van der Waals surface area (Å²) in [7, 11) is 0. The van der Waals surface area contributed by atoms with Crippen LogP contribution in [0.4, 0.5) is 5.82 Å². The summed E-state index contributed by atoms with van der Waals surface area (Å²) in [6.07, 6.45) is 6.09. The number of nitrogens with zero attached hydrogens (tertiary/aromatic N) is 2. The van der Waals surface area contributed by atoms with Crippen LogP contribution in [0.25, 0.3) is 11.3 Å². The number of aromatic amines is 1. The van der Waals surface area contributed by atoms with E-state index in [1.165, 1.54) is 0 Å². The van der Waals surface area contributed by atoms with Gasteiger partial charge in [0.2, 0.25) is 5.91 Å². The molecule has 1 aliphatic heterocycles. The molecule has 0 aliphatic carbocycles. The fraction of sp³-hybridized carbons (Fsp3) is 0.438. The van der Waals surface area contributed by atoms with Gasteiger partial charge in [0.1, 0.15) is 0 Å². The molecule has 3 heterocycles. The number of hydrogen-bond donors (Lipinski definition) is 2. The monoisotopic (exact) mass is 300 g/mol. The predicted molar refractivity (Wildman–Crippen MR) is 83.2 cm³/mol. The van der Waals surface area contributed by atoms with Gasteiger partial charge >= 0.3 is 0 Å². The molecule has 2 aromatic rings. The molecule has 116 valence electrons. The summed E-state index contributed by atoms with van der Waals surface area (Å²) in [5.74, 6) is 0.427. The van der Waals surface area contributed by atoms with Crippen LogP contribution in [-0.2, 0) is 9.53 Å². The summed E-state index contributed by atoms with van der Waals surface area (Å²) in [5, 5.41) is 9.98. The van der Waals surface area contributed by atoms with Crippen LogP contribution in [0.15, 0.2) is 30.6 Å². The Morgan fingerprint density at radius 1 is 1.45 bits per heavy atom. The van der Waals surface area contributed by atoms with Gasteiger partial charge in [0.05, 0.1) is 17.7 Å². The van der Waals surface area contributed by atoms with E-state index in [1.807, 2.05) is 25.1 Å². The summed E-state index contributed by atoms with van der Waals surface area (Å²) in [5.41, 5.74) is 1.83. The van der Waals surface area contributed by atoms with Crippen molar-refractivity contribution in [2.75, 3.05) is 11.9 Å². The molecule has 1 amide bonds. The van der Waals surface area contributed by atoms with Crippen molar-refractivity contribution in [3.05, 3.63) is 30.6 Å². The minimum absolute atomic E-state index is 0.00681. The van der Waals surface area contributed by atoms with Crippen LogP contribution < -0.4 is 5.32 Å². The van der Waals surface area contributed by atoms with E-state index in [4.69, 9.17) is 4.74 Å². The number of aromatic nitrogens is 3. The number of carbonyl (C=O) groups excluding carboxylic acids is 1. The molecule has 0 aromatic carbocycles. The maximum atomic E-state index is 12.4. The number of H-pyrrole nitrogens is 1. The Morgan fingerprint density at radius 3 is 3.05 bits per heavy atom. The molecule has 6 nitrogen and oxygen atoms in total. The molecule has 22 heavy (non-hydrogen) atoms. The van der Waals surface area contributed by atoms with E-state index in [2.05, 4.69) is 20.5 Å². The first-order valence-corrected chi connectivity index (χ1v) is 7.66. The van der Waals surface area contributed by atoms with E-state index in [0.29, 0.717) is 5.82 Å². The minimum Gasteiger partial charge on any atom is -0.377 e. The van der Waals surface area contributed by atoms with Crippen molar-refractivity contribution < 1.29 is 9.53 Å². The number of hydrogen-bond acceptors (Lipinski definition) is 4. The second-order valence-corrected chi connectivity index (χ2v) is 5.46. The molecule has 0 bridgehead atoms. The lowest BCUT2D eigenvalue weighted by atomic mass is 9.92. The zero-order valence-electron chi connectivity index (χ0n) is 12.6. The number of nitrogens with one attached hydrogen (secondary N) is 2. The lowest BCUT2D eigenvalue weighted by Crippen LogP contribution is -2.37. The van der Waals surface area contributed by atoms with E-state index in [1.54, 1.807) is 12.4 Å². The Bertz CT molecular complexity index is 626. The van der Waals surface area contributed by atoms with Gasteiger partial charge in [-0.3, -0.25) is 14.9 Å². The van der Waals surface area contributed by atoms with E-state index in [-0.39, 0.29) is 17.9 Å². The van der Waals surface area contributed by atoms with Crippen LogP contribution >= 0.6 is 0 Å². The quantitative estimate of drug-likeness (QED) is 0.909. The van der Waals surface area contributed by atoms with Crippen molar-refractivity contribution in [2.45, 2.75) is 32.3 Å². The lowest BCUT2D eigenvalue weighted by Gasteiger charge is -2.29. The van der Waals surface area contributed by atoms with Crippen LogP contribution in [0.5, 0.6) is 0 Å². The zero-order chi connectivity index (χ0) is 15.4. The second kappa shape index (κ2) is 6.70. The molecule has 2 aromatic heterocycles. The van der Waals surface area contributed by atoms with Crippen LogP contribution in [-0.4, -0.2) is 33.8 Å². The molecule has 1 aliphatic rings. The molecule has 3 rings (SSSR count). The third-order valence-electron chi connectivity index (χ3n) is 4.00. The minimum atomic E-state index is -0.0974. The van der Waals surface area contributed by atoms with Gasteiger partial charge in [-0.1, -0.05) is 6.92 Å². The number of ether oxygens (including phenoxy) is 1. The van der Waals surface area contributed by atoms with Gasteiger partial charge in [-0.05, 0) is 31.4 Å². The summed E-state index contributed by atoms with van der Waals surface area (Å²) >= 11 is 0. The highest BCUT2D eigenvalue weighted by atomic mass is 16.5. The van der Waals surface area contributed by atoms with Crippen LogP contribution in [0, 0.1) is 5.92 Å². The third kappa shape index (κ3) is 3.17. The third-order valence-corrected chi connectivity index (χ3v) is 4.00. The van der Waals surface area contributed by atoms with Gasteiger partial charge in [-0.15, -0.1) is 0 Å². The van der Waals surface area contributed by atoms with Crippen molar-refractivity contribution in [3.8, 4) is 11.3 Å². The molecule has 2 unspecified atom stereocenters. The molecule has 0 spiro atoms. The molecule has 6 heteroatoms. The molecule has 2 atom stereocenters. The highest BCUT2D eigenvalue weighted by molar-refractivity contribution is 5.92. The lowest BCUT2D eigenvalue weighted by molar-refractivity contribution is -0.129. The fourth-order valence-electron chi connectivity index (χ4n) is 2.83. The topological polar surface area (TPSA) is 79.9 Å². The zero-order valence-corrected chi connectivity index (χ0v) is 12.6. The van der Waals surface area contributed by atoms with Gasteiger partial charge in [0.25, 0.3) is 0 Å². The standard InChI is InChI=1S/C16H20N4O2/c1-2-14-12(4-3-9-22-14)16(21)18-15-10-13(19-20-15)11-5-7-17-8-6-11/h5-8,10,12,14H,2-4,9H2,1H3,(H2,18,19,20,21). The average molecular weight is 300 g/mol. The van der Waals surface area contributed by atoms with Crippen LogP contribution in [0.2, 0.25) is 0 Å². The van der Waals surface area contributed by atoms with Gasteiger partial charge in [0.15, 0.2) is 5.82 Å². The van der Waals surface area contributed by atoms with E-state index in [0.717, 1.165) is 37.1 Å². The number of rotatable bonds is 4. The van der Waals surface area contributed by atoms with Gasteiger partial charge in [-0.25, -0.2) is 0 Å². The van der Waals surface area contributed by atoms with Gasteiger partial charge in [-0.2, -0.15) is 5.10 Å². The van der Waals surface area contributed by atoms with E-state index >= 15 is 0 Å². The largest absolute Gasteiger partial charge is 0.377 e. The van der Waals surface area contributed by atoms with Crippen molar-refractivity contribution in [3.63, 3.8) is 0 Å². The summed E-state index contributed by atoms with van der Waals surface area (Å²) in [4.78, 5) is 16.4. The molecule has 1 saturated heterocycles. The highest BCUT2D eigenvalue weighted by Crippen LogP contribution is 2.25. The first-order chi connectivity index (χ1) is 10.8. The van der Waals surface area contributed by atoms with Crippen molar-refractivity contribution >= 4 is 11.7 Å². The Balaban J connectivity index is 1.68. The Kier molecular flexibility index (Phi) is 4.48. The van der Waals surface area contributed by atoms with Gasteiger partial charge < -0.3 is 10.1 Å². The van der Waals surface area contributed by atoms with Crippen LogP contribution in [0.1, 0.15) is 26.2 Å². The summed E-state index contributed by atoms with van der Waals surface area (Å²) in [6, 6.07) is 5.61. The smallest absolute Gasteiger partial charge is 0.231 e. The molecular formula is C16H20N4O2. The van der Waals surface area contributed by atoms with E-state index in [9.17, 15) is 4.79 Å². The van der Waals surface area contributed by atoms with E-state index < -0.39 is 0 Å². The number of anilines is 1. The molecular weight excluding hydrogens is 280 g/mol. The van der Waals surface area contributed by atoms with Crippen molar-refractivity contribution in [1.29, 1.82) is 0 Å². The summed E-state index contributed by atoms with van der Waals surface area (Å²) < 4.78 is 5.68. The van der Waals surface area contributed by atoms with Gasteiger partial charge in [0, 0.05) is 30.6 Å². The SMILES string of the molecule is CCC1OCCCC1C(=O)Nc1cc(-c2ccncc2)[nH]n1. The molecule has 0 saturated carbocycles. The average Bonchev–Trinajstić information content (AvgIpc) is 3.04. The maximum absolute atomic E-state index is 12.4. The normalized spacial score (nSPS) is 21.5. The molecule has 1 fully saturated rings. The highest BCUT2D eigenvalue weighted by Gasteiger charge is 2.30. The number of carbonyl (C=O) groups is 1. The fourth-order valence-corrected chi connectivity index (χ4v) is 2.83.